The molecule has 0 spiro atoms. The minimum atomic E-state index is -3.23. The van der Waals surface area contributed by atoms with Crippen LogP contribution in [0.3, 0.4) is 0 Å². The fourth-order valence-corrected chi connectivity index (χ4v) is 3.32. The number of allylic oxidation sites excluding steroid dienone is 3. The van der Waals surface area contributed by atoms with Gasteiger partial charge in [0.1, 0.15) is 0 Å². The van der Waals surface area contributed by atoms with E-state index in [0.717, 1.165) is 102 Å². The van der Waals surface area contributed by atoms with Crippen LogP contribution in [0, 0.1) is 0 Å². The molecule has 0 heterocycles. The van der Waals surface area contributed by atoms with Gasteiger partial charge in [-0.1, -0.05) is 70.3 Å². The summed E-state index contributed by atoms with van der Waals surface area (Å²) >= 11 is 4.77. The maximum atomic E-state index is 12.3. The molecule has 0 aliphatic heterocycles. The Bertz CT molecular complexity index is 486. The summed E-state index contributed by atoms with van der Waals surface area (Å²) in [6, 6.07) is 0. The predicted molar refractivity (Wildman–Crippen MR) is 120 cm³/mol. The fraction of sp³-hybridized carbons (Fsp3) is 0.792. The second kappa shape index (κ2) is 20.8. The standard InChI is InChI=1S/C24H39ClF4O2/c25-24(28,29)20-16-12-8-4-1-5-9-13-17-21-31-23(30)19-15-11-7-3-2-6-10-14-18-22(26)27/h16,18,20H,1-15,17,19,21H2/b20-16+. The van der Waals surface area contributed by atoms with Crippen molar-refractivity contribution in [3.8, 4) is 0 Å². The molecule has 0 bridgehead atoms. The number of unbranched alkanes of at least 4 members (excludes halogenated alkanes) is 14. The third-order valence-electron chi connectivity index (χ3n) is 4.97. The Morgan fingerprint density at radius 2 is 1.23 bits per heavy atom. The van der Waals surface area contributed by atoms with Gasteiger partial charge in [-0.2, -0.15) is 17.6 Å². The van der Waals surface area contributed by atoms with Crippen molar-refractivity contribution in [3.63, 3.8) is 0 Å². The molecule has 0 aliphatic rings. The van der Waals surface area contributed by atoms with Gasteiger partial charge in [-0.05, 0) is 62.3 Å². The Morgan fingerprint density at radius 1 is 0.742 bits per heavy atom. The van der Waals surface area contributed by atoms with E-state index in [2.05, 4.69) is 0 Å². The van der Waals surface area contributed by atoms with Crippen LogP contribution in [-0.2, 0) is 9.53 Å². The predicted octanol–water partition coefficient (Wildman–Crippen LogP) is 9.33. The first kappa shape index (κ1) is 30.0. The molecule has 0 aliphatic carbocycles. The van der Waals surface area contributed by atoms with Crippen LogP contribution in [0.25, 0.3) is 0 Å². The molecule has 0 aromatic heterocycles. The lowest BCUT2D eigenvalue weighted by molar-refractivity contribution is -0.143. The molecule has 0 atom stereocenters. The molecule has 0 unspecified atom stereocenters. The molecule has 7 heteroatoms. The van der Waals surface area contributed by atoms with Crippen LogP contribution >= 0.6 is 11.6 Å². The Kier molecular flexibility index (Phi) is 20.1. The molecule has 0 N–H and O–H groups in total. The Morgan fingerprint density at radius 3 is 1.77 bits per heavy atom. The van der Waals surface area contributed by atoms with Gasteiger partial charge in [0.15, 0.2) is 0 Å². The van der Waals surface area contributed by atoms with Crippen molar-refractivity contribution in [2.75, 3.05) is 6.61 Å². The molecule has 0 fully saturated rings. The van der Waals surface area contributed by atoms with Crippen molar-refractivity contribution in [2.45, 2.75) is 115 Å². The molecule has 0 aromatic rings. The lowest BCUT2D eigenvalue weighted by Gasteiger charge is -2.05. The van der Waals surface area contributed by atoms with Gasteiger partial charge in [0, 0.05) is 6.42 Å². The van der Waals surface area contributed by atoms with E-state index in [4.69, 9.17) is 16.3 Å². The third kappa shape index (κ3) is 26.9. The third-order valence-corrected chi connectivity index (χ3v) is 5.09. The van der Waals surface area contributed by atoms with E-state index in [1.807, 2.05) is 0 Å². The number of carbonyl (C=O) groups is 1. The molecule has 182 valence electrons. The average Bonchev–Trinajstić information content (AvgIpc) is 2.69. The molecular formula is C24H39ClF4O2. The van der Waals surface area contributed by atoms with Crippen molar-refractivity contribution in [1.82, 2.24) is 0 Å². The Balaban J connectivity index is 3.26. The molecule has 0 radical (unpaired) electrons. The minimum absolute atomic E-state index is 0.129. The first-order chi connectivity index (χ1) is 14.8. The second-order valence-corrected chi connectivity index (χ2v) is 8.44. The van der Waals surface area contributed by atoms with Crippen LogP contribution in [0.5, 0.6) is 0 Å². The number of ether oxygens (including phenoxy) is 1. The molecule has 0 saturated carbocycles. The van der Waals surface area contributed by atoms with E-state index >= 15 is 0 Å². The van der Waals surface area contributed by atoms with E-state index < -0.39 is 11.5 Å². The summed E-state index contributed by atoms with van der Waals surface area (Å²) < 4.78 is 53.6. The van der Waals surface area contributed by atoms with Crippen molar-refractivity contribution in [1.29, 1.82) is 0 Å². The molecule has 0 rings (SSSR count). The van der Waals surface area contributed by atoms with Crippen LogP contribution in [0.4, 0.5) is 17.6 Å². The zero-order valence-electron chi connectivity index (χ0n) is 18.7. The van der Waals surface area contributed by atoms with Crippen LogP contribution in [0.15, 0.2) is 24.3 Å². The van der Waals surface area contributed by atoms with Crippen molar-refractivity contribution in [3.05, 3.63) is 24.3 Å². The van der Waals surface area contributed by atoms with Crippen molar-refractivity contribution in [2.24, 2.45) is 0 Å². The van der Waals surface area contributed by atoms with Gasteiger partial charge in [0.2, 0.25) is 0 Å². The zero-order valence-corrected chi connectivity index (χ0v) is 19.4. The molecular weight excluding hydrogens is 432 g/mol. The fourth-order valence-electron chi connectivity index (χ4n) is 3.23. The van der Waals surface area contributed by atoms with E-state index in [9.17, 15) is 22.4 Å². The van der Waals surface area contributed by atoms with Gasteiger partial charge in [0.05, 0.1) is 6.61 Å². The Labute approximate surface area is 190 Å². The van der Waals surface area contributed by atoms with E-state index in [1.54, 1.807) is 0 Å². The SMILES string of the molecule is O=C(CCCCCCCCCC=C(F)F)OCCCCCCCCC/C=C/C(F)(F)Cl. The van der Waals surface area contributed by atoms with E-state index in [1.165, 1.54) is 6.08 Å². The summed E-state index contributed by atoms with van der Waals surface area (Å²) in [7, 11) is 0. The van der Waals surface area contributed by atoms with Gasteiger partial charge in [0.25, 0.3) is 6.08 Å². The molecule has 31 heavy (non-hydrogen) atoms. The van der Waals surface area contributed by atoms with Gasteiger partial charge >= 0.3 is 11.4 Å². The Hall–Kier alpha value is -1.04. The maximum Gasteiger partial charge on any atom is 0.341 e. The van der Waals surface area contributed by atoms with Crippen LogP contribution in [0.2, 0.25) is 0 Å². The second-order valence-electron chi connectivity index (χ2n) is 7.94. The monoisotopic (exact) mass is 470 g/mol. The highest BCUT2D eigenvalue weighted by Crippen LogP contribution is 2.20. The number of rotatable bonds is 21. The lowest BCUT2D eigenvalue weighted by Crippen LogP contribution is -2.05. The van der Waals surface area contributed by atoms with Crippen molar-refractivity contribution >= 4 is 17.6 Å². The number of esters is 1. The summed E-state index contributed by atoms with van der Waals surface area (Å²) in [5.41, 5.74) is 0. The molecule has 0 saturated heterocycles. The number of halogens is 5. The topological polar surface area (TPSA) is 26.3 Å². The van der Waals surface area contributed by atoms with E-state index in [0.29, 0.717) is 25.9 Å². The molecule has 2 nitrogen and oxygen atoms in total. The maximum absolute atomic E-state index is 12.3. The molecule has 0 aromatic carbocycles. The quantitative estimate of drug-likeness (QED) is 0.0549. The number of alkyl halides is 3. The van der Waals surface area contributed by atoms with Gasteiger partial charge in [-0.15, -0.1) is 0 Å². The number of hydrogen-bond acceptors (Lipinski definition) is 2. The van der Waals surface area contributed by atoms with Crippen molar-refractivity contribution < 1.29 is 27.1 Å². The average molecular weight is 471 g/mol. The van der Waals surface area contributed by atoms with Crippen LogP contribution in [-0.4, -0.2) is 18.0 Å². The summed E-state index contributed by atoms with van der Waals surface area (Å²) in [5, 5.41) is -3.23. The number of carbonyl (C=O) groups excluding carboxylic acids is 1. The number of hydrogen-bond donors (Lipinski definition) is 0. The first-order valence-electron chi connectivity index (χ1n) is 11.7. The van der Waals surface area contributed by atoms with Crippen LogP contribution < -0.4 is 0 Å². The first-order valence-corrected chi connectivity index (χ1v) is 12.1. The minimum Gasteiger partial charge on any atom is -0.466 e. The highest BCUT2D eigenvalue weighted by Gasteiger charge is 2.18. The van der Waals surface area contributed by atoms with E-state index in [-0.39, 0.29) is 5.97 Å². The van der Waals surface area contributed by atoms with Gasteiger partial charge in [-0.25, -0.2) is 0 Å². The van der Waals surface area contributed by atoms with Gasteiger partial charge < -0.3 is 4.74 Å². The largest absolute Gasteiger partial charge is 0.466 e. The smallest absolute Gasteiger partial charge is 0.341 e. The zero-order chi connectivity index (χ0) is 23.2. The highest BCUT2D eigenvalue weighted by molar-refractivity contribution is 6.22. The summed E-state index contributed by atoms with van der Waals surface area (Å²) in [4.78, 5) is 11.7. The molecule has 0 amide bonds. The highest BCUT2D eigenvalue weighted by atomic mass is 35.5. The van der Waals surface area contributed by atoms with Crippen LogP contribution in [0.1, 0.15) is 109 Å². The lowest BCUT2D eigenvalue weighted by atomic mass is 10.1. The summed E-state index contributed by atoms with van der Waals surface area (Å²) in [5.74, 6) is -0.129. The summed E-state index contributed by atoms with van der Waals surface area (Å²) in [6.45, 7) is 0.476. The summed E-state index contributed by atoms with van der Waals surface area (Å²) in [6.07, 6.45) is 17.0. The normalized spacial score (nSPS) is 11.8. The van der Waals surface area contributed by atoms with Gasteiger partial charge in [-0.3, -0.25) is 4.79 Å².